The molecule has 3 nitrogen and oxygen atoms in total. The molecule has 1 aromatic heterocycles. The van der Waals surface area contributed by atoms with Gasteiger partial charge in [0, 0.05) is 16.7 Å². The molecule has 1 aromatic rings. The van der Waals surface area contributed by atoms with Crippen LogP contribution in [0.1, 0.15) is 48.2 Å². The first-order valence-electron chi connectivity index (χ1n) is 6.47. The SMILES string of the molecule is Cc1nc(C(C)C)sc1CNC(=O)C1CC=CC1. The Kier molecular flexibility index (Phi) is 4.17. The van der Waals surface area contributed by atoms with Crippen molar-refractivity contribution < 1.29 is 4.79 Å². The molecule has 0 radical (unpaired) electrons. The fourth-order valence-corrected chi connectivity index (χ4v) is 3.01. The third-order valence-corrected chi connectivity index (χ3v) is 4.66. The monoisotopic (exact) mass is 264 g/mol. The molecule has 0 atom stereocenters. The summed E-state index contributed by atoms with van der Waals surface area (Å²) >= 11 is 1.71. The van der Waals surface area contributed by atoms with Gasteiger partial charge in [-0.05, 0) is 19.8 Å². The summed E-state index contributed by atoms with van der Waals surface area (Å²) in [5.41, 5.74) is 1.05. The molecule has 0 aromatic carbocycles. The Morgan fingerprint density at radius 3 is 2.72 bits per heavy atom. The number of hydrogen-bond donors (Lipinski definition) is 1. The summed E-state index contributed by atoms with van der Waals surface area (Å²) in [6.45, 7) is 6.92. The van der Waals surface area contributed by atoms with Crippen LogP contribution in [0.3, 0.4) is 0 Å². The van der Waals surface area contributed by atoms with Crippen molar-refractivity contribution in [3.05, 3.63) is 27.7 Å². The van der Waals surface area contributed by atoms with Gasteiger partial charge in [0.2, 0.25) is 5.91 Å². The zero-order chi connectivity index (χ0) is 13.1. The highest BCUT2D eigenvalue weighted by Gasteiger charge is 2.19. The first-order valence-corrected chi connectivity index (χ1v) is 7.28. The second-order valence-electron chi connectivity index (χ2n) is 5.07. The number of allylic oxidation sites excluding steroid dienone is 2. The lowest BCUT2D eigenvalue weighted by molar-refractivity contribution is -0.124. The van der Waals surface area contributed by atoms with Crippen molar-refractivity contribution >= 4 is 17.2 Å². The van der Waals surface area contributed by atoms with Crippen molar-refractivity contribution in [3.63, 3.8) is 0 Å². The molecule has 1 N–H and O–H groups in total. The van der Waals surface area contributed by atoms with Crippen LogP contribution in [0.15, 0.2) is 12.2 Å². The average molecular weight is 264 g/mol. The average Bonchev–Trinajstić information content (AvgIpc) is 2.95. The Bertz CT molecular complexity index is 454. The highest BCUT2D eigenvalue weighted by atomic mass is 32.1. The first kappa shape index (κ1) is 13.3. The number of amides is 1. The molecule has 0 saturated carbocycles. The van der Waals surface area contributed by atoms with E-state index in [-0.39, 0.29) is 11.8 Å². The van der Waals surface area contributed by atoms with Gasteiger partial charge >= 0.3 is 0 Å². The highest BCUT2D eigenvalue weighted by molar-refractivity contribution is 7.11. The second-order valence-corrected chi connectivity index (χ2v) is 6.19. The van der Waals surface area contributed by atoms with E-state index in [1.54, 1.807) is 11.3 Å². The van der Waals surface area contributed by atoms with Crippen molar-refractivity contribution in [3.8, 4) is 0 Å². The summed E-state index contributed by atoms with van der Waals surface area (Å²) in [6, 6.07) is 0. The van der Waals surface area contributed by atoms with Crippen LogP contribution in [0.5, 0.6) is 0 Å². The molecular formula is C14H20N2OS. The lowest BCUT2D eigenvalue weighted by atomic mass is 10.1. The van der Waals surface area contributed by atoms with E-state index in [0.717, 1.165) is 23.5 Å². The minimum absolute atomic E-state index is 0.141. The van der Waals surface area contributed by atoms with E-state index in [0.29, 0.717) is 12.5 Å². The number of aromatic nitrogens is 1. The van der Waals surface area contributed by atoms with E-state index in [2.05, 4.69) is 36.3 Å². The van der Waals surface area contributed by atoms with E-state index in [4.69, 9.17) is 0 Å². The van der Waals surface area contributed by atoms with Gasteiger partial charge in [-0.15, -0.1) is 11.3 Å². The number of carbonyl (C=O) groups excluding carboxylic acids is 1. The van der Waals surface area contributed by atoms with Crippen LogP contribution in [0.2, 0.25) is 0 Å². The summed E-state index contributed by atoms with van der Waals surface area (Å²) in [5, 5.41) is 4.18. The summed E-state index contributed by atoms with van der Waals surface area (Å²) in [5.74, 6) is 0.763. The Hall–Kier alpha value is -1.16. The topological polar surface area (TPSA) is 42.0 Å². The van der Waals surface area contributed by atoms with Gasteiger partial charge in [0.1, 0.15) is 0 Å². The number of nitrogens with one attached hydrogen (secondary N) is 1. The number of hydrogen-bond acceptors (Lipinski definition) is 3. The molecule has 1 aliphatic rings. The zero-order valence-corrected chi connectivity index (χ0v) is 12.0. The summed E-state index contributed by atoms with van der Waals surface area (Å²) in [6.07, 6.45) is 5.92. The number of carbonyl (C=O) groups is 1. The van der Waals surface area contributed by atoms with E-state index in [1.165, 1.54) is 4.88 Å². The molecule has 1 aliphatic carbocycles. The smallest absolute Gasteiger partial charge is 0.224 e. The third kappa shape index (κ3) is 2.99. The quantitative estimate of drug-likeness (QED) is 0.849. The van der Waals surface area contributed by atoms with Gasteiger partial charge in [-0.3, -0.25) is 4.79 Å². The lowest BCUT2D eigenvalue weighted by Gasteiger charge is -2.09. The molecule has 0 saturated heterocycles. The molecule has 1 heterocycles. The maximum atomic E-state index is 11.9. The molecule has 0 fully saturated rings. The normalized spacial score (nSPS) is 15.6. The predicted octanol–water partition coefficient (Wildman–Crippen LogP) is 3.16. The molecule has 4 heteroatoms. The summed E-state index contributed by atoms with van der Waals surface area (Å²) in [4.78, 5) is 17.6. The Morgan fingerprint density at radius 2 is 2.17 bits per heavy atom. The molecule has 2 rings (SSSR count). The van der Waals surface area contributed by atoms with E-state index in [1.807, 2.05) is 6.92 Å². The molecule has 98 valence electrons. The van der Waals surface area contributed by atoms with Gasteiger partial charge < -0.3 is 5.32 Å². The van der Waals surface area contributed by atoms with E-state index in [9.17, 15) is 4.79 Å². The first-order chi connectivity index (χ1) is 8.58. The number of thiazole rings is 1. The van der Waals surface area contributed by atoms with Crippen LogP contribution < -0.4 is 5.32 Å². The number of aryl methyl sites for hydroxylation is 1. The number of rotatable bonds is 4. The molecule has 18 heavy (non-hydrogen) atoms. The Labute approximate surface area is 112 Å². The van der Waals surface area contributed by atoms with Crippen LogP contribution in [-0.4, -0.2) is 10.9 Å². The van der Waals surface area contributed by atoms with Gasteiger partial charge in [0.05, 0.1) is 17.2 Å². The molecule has 1 amide bonds. The largest absolute Gasteiger partial charge is 0.351 e. The van der Waals surface area contributed by atoms with Gasteiger partial charge in [-0.25, -0.2) is 4.98 Å². The van der Waals surface area contributed by atoms with Crippen LogP contribution in [0, 0.1) is 12.8 Å². The Balaban J connectivity index is 1.91. The molecular weight excluding hydrogens is 244 g/mol. The standard InChI is InChI=1S/C14H20N2OS/c1-9(2)14-16-10(3)12(18-14)8-15-13(17)11-6-4-5-7-11/h4-5,9,11H,6-8H2,1-3H3,(H,15,17). The lowest BCUT2D eigenvalue weighted by Crippen LogP contribution is -2.28. The van der Waals surface area contributed by atoms with Crippen LogP contribution in [0.25, 0.3) is 0 Å². The van der Waals surface area contributed by atoms with Gasteiger partial charge in [0.25, 0.3) is 0 Å². The van der Waals surface area contributed by atoms with Crippen LogP contribution in [0.4, 0.5) is 0 Å². The minimum Gasteiger partial charge on any atom is -0.351 e. The number of nitrogens with zero attached hydrogens (tertiary/aromatic N) is 1. The van der Waals surface area contributed by atoms with Gasteiger partial charge in [0.15, 0.2) is 0 Å². The summed E-state index contributed by atoms with van der Waals surface area (Å²) < 4.78 is 0. The van der Waals surface area contributed by atoms with E-state index >= 15 is 0 Å². The second kappa shape index (κ2) is 5.65. The maximum absolute atomic E-state index is 11.9. The van der Waals surface area contributed by atoms with Crippen molar-refractivity contribution in [2.75, 3.05) is 0 Å². The van der Waals surface area contributed by atoms with Gasteiger partial charge in [-0.2, -0.15) is 0 Å². The third-order valence-electron chi connectivity index (χ3n) is 3.20. The zero-order valence-electron chi connectivity index (χ0n) is 11.2. The highest BCUT2D eigenvalue weighted by Crippen LogP contribution is 2.24. The van der Waals surface area contributed by atoms with Crippen molar-refractivity contribution in [2.24, 2.45) is 5.92 Å². The Morgan fingerprint density at radius 1 is 1.50 bits per heavy atom. The fraction of sp³-hybridized carbons (Fsp3) is 0.571. The fourth-order valence-electron chi connectivity index (χ4n) is 2.00. The molecule has 0 spiro atoms. The van der Waals surface area contributed by atoms with Crippen molar-refractivity contribution in [1.82, 2.24) is 10.3 Å². The van der Waals surface area contributed by atoms with Crippen LogP contribution in [-0.2, 0) is 11.3 Å². The van der Waals surface area contributed by atoms with E-state index < -0.39 is 0 Å². The predicted molar refractivity (Wildman–Crippen MR) is 74.7 cm³/mol. The van der Waals surface area contributed by atoms with Gasteiger partial charge in [-0.1, -0.05) is 26.0 Å². The maximum Gasteiger partial charge on any atom is 0.224 e. The summed E-state index contributed by atoms with van der Waals surface area (Å²) in [7, 11) is 0. The van der Waals surface area contributed by atoms with Crippen molar-refractivity contribution in [2.45, 2.75) is 46.1 Å². The van der Waals surface area contributed by atoms with Crippen LogP contribution >= 0.6 is 11.3 Å². The molecule has 0 unspecified atom stereocenters. The molecule has 0 bridgehead atoms. The molecule has 0 aliphatic heterocycles. The van der Waals surface area contributed by atoms with Crippen molar-refractivity contribution in [1.29, 1.82) is 0 Å². The minimum atomic E-state index is 0.141.